The van der Waals surface area contributed by atoms with Crippen molar-refractivity contribution in [1.82, 2.24) is 0 Å². The van der Waals surface area contributed by atoms with Gasteiger partial charge in [0, 0.05) is 5.57 Å². The van der Waals surface area contributed by atoms with Gasteiger partial charge in [0.15, 0.2) is 5.76 Å². The molecule has 156 valence electrons. The van der Waals surface area contributed by atoms with Crippen LogP contribution in [-0.4, -0.2) is 22.0 Å². The minimum absolute atomic E-state index is 0.00464. The number of carbonyl (C=O) groups is 2. The summed E-state index contributed by atoms with van der Waals surface area (Å²) < 4.78 is 11.8. The quantitative estimate of drug-likeness (QED) is 0.207. The zero-order valence-corrected chi connectivity index (χ0v) is 20.1. The van der Waals surface area contributed by atoms with Gasteiger partial charge in [-0.2, -0.15) is 0 Å². The zero-order valence-electron chi connectivity index (χ0n) is 15.4. The van der Waals surface area contributed by atoms with Crippen LogP contribution in [0.2, 0.25) is 0 Å². The molecule has 0 bridgehead atoms. The number of Topliss-reactive ketones (excluding diaryl/α,β-unsaturated/α-hetero) is 1. The molecule has 0 spiro atoms. The molecule has 2 N–H and O–H groups in total. The van der Waals surface area contributed by atoms with Gasteiger partial charge in [0.1, 0.15) is 22.8 Å². The Labute approximate surface area is 201 Å². The molecule has 2 aromatic carbocycles. The molecule has 0 fully saturated rings. The maximum Gasteiger partial charge on any atom is 0.348 e. The number of benzene rings is 2. The van der Waals surface area contributed by atoms with Crippen LogP contribution < -0.4 is 0 Å². The first-order valence-corrected chi connectivity index (χ1v) is 11.1. The first kappa shape index (κ1) is 21.6. The minimum Gasteiger partial charge on any atom is -0.507 e. The Kier molecular flexibility index (Phi) is 5.92. The number of esters is 1. The molecule has 4 rings (SSSR count). The van der Waals surface area contributed by atoms with Gasteiger partial charge in [-0.1, -0.05) is 6.07 Å². The average molecular weight is 611 g/mol. The fraction of sp³-hybridized carbons (Fsp3) is 0. The smallest absolute Gasteiger partial charge is 0.348 e. The predicted octanol–water partition coefficient (Wildman–Crippen LogP) is 6.21. The van der Waals surface area contributed by atoms with E-state index >= 15 is 0 Å². The molecule has 0 saturated heterocycles. The van der Waals surface area contributed by atoms with Gasteiger partial charge < -0.3 is 19.4 Å². The summed E-state index contributed by atoms with van der Waals surface area (Å²) >= 11 is 9.80. The van der Waals surface area contributed by atoms with E-state index in [0.717, 1.165) is 0 Å². The summed E-state index contributed by atoms with van der Waals surface area (Å²) in [5.74, 6) is -1.28. The van der Waals surface area contributed by atoms with Gasteiger partial charge in [0.05, 0.1) is 19.7 Å². The van der Waals surface area contributed by atoms with Crippen LogP contribution in [0.15, 0.2) is 77.9 Å². The molecule has 0 radical (unpaired) electrons. The summed E-state index contributed by atoms with van der Waals surface area (Å²) in [4.78, 5) is 25.8. The van der Waals surface area contributed by atoms with Gasteiger partial charge >= 0.3 is 5.97 Å². The summed E-state index contributed by atoms with van der Waals surface area (Å²) in [6.45, 7) is 0. The second-order valence-electron chi connectivity index (χ2n) is 6.45. The lowest BCUT2D eigenvalue weighted by atomic mass is 9.95. The highest BCUT2D eigenvalue weighted by molar-refractivity contribution is 9.11. The fourth-order valence-electron chi connectivity index (χ4n) is 3.03. The van der Waals surface area contributed by atoms with E-state index in [1.807, 2.05) is 0 Å². The van der Waals surface area contributed by atoms with Crippen molar-refractivity contribution in [2.45, 2.75) is 0 Å². The SMILES string of the molecule is O=C1O/C(=C\c2ccc(O)c(Br)c2)C(c2cc(Br)c(O)c(Br)c2)=C1C(=O)c1ccco1. The van der Waals surface area contributed by atoms with E-state index in [-0.39, 0.29) is 34.2 Å². The molecule has 3 aromatic rings. The van der Waals surface area contributed by atoms with Gasteiger partial charge in [0.25, 0.3) is 0 Å². The van der Waals surface area contributed by atoms with Crippen molar-refractivity contribution in [3.8, 4) is 11.5 Å². The molecule has 31 heavy (non-hydrogen) atoms. The van der Waals surface area contributed by atoms with Crippen LogP contribution in [0, 0.1) is 0 Å². The fourth-order valence-corrected chi connectivity index (χ4v) is 4.61. The average Bonchev–Trinajstić information content (AvgIpc) is 3.36. The van der Waals surface area contributed by atoms with Crippen LogP contribution in [0.5, 0.6) is 11.5 Å². The topological polar surface area (TPSA) is 97.0 Å². The third-order valence-electron chi connectivity index (χ3n) is 4.45. The first-order valence-electron chi connectivity index (χ1n) is 8.70. The number of cyclic esters (lactones) is 1. The maximum absolute atomic E-state index is 13.0. The molecule has 0 saturated carbocycles. The number of halogens is 3. The monoisotopic (exact) mass is 608 g/mol. The zero-order chi connectivity index (χ0) is 22.3. The van der Waals surface area contributed by atoms with Gasteiger partial charge in [0.2, 0.25) is 5.78 Å². The van der Waals surface area contributed by atoms with E-state index in [1.54, 1.807) is 36.4 Å². The van der Waals surface area contributed by atoms with Crippen molar-refractivity contribution in [3.05, 3.63) is 90.4 Å². The third-order valence-corrected chi connectivity index (χ3v) is 6.29. The lowest BCUT2D eigenvalue weighted by Gasteiger charge is -2.09. The number of phenols is 2. The predicted molar refractivity (Wildman–Crippen MR) is 123 cm³/mol. The number of allylic oxidation sites excluding steroid dienone is 1. The van der Waals surface area contributed by atoms with Gasteiger partial charge in [-0.3, -0.25) is 4.79 Å². The highest BCUT2D eigenvalue weighted by atomic mass is 79.9. The van der Waals surface area contributed by atoms with E-state index < -0.39 is 11.8 Å². The highest BCUT2D eigenvalue weighted by Crippen LogP contribution is 2.42. The third kappa shape index (κ3) is 4.13. The number of furan rings is 1. The standard InChI is InChI=1S/C22H11Br3O6/c23-12-6-10(3-4-15(12)26)7-17-18(11-8-13(24)20(27)14(25)9-11)19(22(29)31-17)21(28)16-2-1-5-30-16/h1-9,26-27H/b17-7-. The van der Waals surface area contributed by atoms with Crippen LogP contribution in [0.3, 0.4) is 0 Å². The molecular weight excluding hydrogens is 600 g/mol. The highest BCUT2D eigenvalue weighted by Gasteiger charge is 2.37. The van der Waals surface area contributed by atoms with Gasteiger partial charge in [-0.25, -0.2) is 4.79 Å². The molecule has 2 heterocycles. The van der Waals surface area contributed by atoms with Crippen LogP contribution in [0.4, 0.5) is 0 Å². The Morgan fingerprint density at radius 1 is 0.968 bits per heavy atom. The number of hydrogen-bond acceptors (Lipinski definition) is 6. The first-order chi connectivity index (χ1) is 14.8. The second-order valence-corrected chi connectivity index (χ2v) is 9.02. The van der Waals surface area contributed by atoms with E-state index in [0.29, 0.717) is 24.5 Å². The van der Waals surface area contributed by atoms with Crippen molar-refractivity contribution in [1.29, 1.82) is 0 Å². The largest absolute Gasteiger partial charge is 0.507 e. The van der Waals surface area contributed by atoms with Crippen LogP contribution >= 0.6 is 47.8 Å². The molecular formula is C22H11Br3O6. The van der Waals surface area contributed by atoms with Crippen LogP contribution in [0.1, 0.15) is 21.7 Å². The normalized spacial score (nSPS) is 14.9. The number of ketones is 1. The number of ether oxygens (including phenoxy) is 1. The van der Waals surface area contributed by atoms with Crippen molar-refractivity contribution in [2.24, 2.45) is 0 Å². The van der Waals surface area contributed by atoms with Crippen molar-refractivity contribution < 1.29 is 29.0 Å². The molecule has 0 amide bonds. The molecule has 1 aromatic heterocycles. The minimum atomic E-state index is -0.819. The summed E-state index contributed by atoms with van der Waals surface area (Å²) in [5, 5.41) is 19.8. The summed E-state index contributed by atoms with van der Waals surface area (Å²) in [5.41, 5.74) is 1.13. The Morgan fingerprint density at radius 2 is 1.68 bits per heavy atom. The van der Waals surface area contributed by atoms with Crippen molar-refractivity contribution >= 4 is 71.2 Å². The Bertz CT molecular complexity index is 1270. The molecule has 0 aliphatic carbocycles. The summed E-state index contributed by atoms with van der Waals surface area (Å²) in [6.07, 6.45) is 2.92. The van der Waals surface area contributed by atoms with Crippen molar-refractivity contribution in [2.75, 3.05) is 0 Å². The lowest BCUT2D eigenvalue weighted by Crippen LogP contribution is -2.10. The number of carbonyl (C=O) groups excluding carboxylic acids is 2. The second kappa shape index (κ2) is 8.49. The van der Waals surface area contributed by atoms with E-state index in [9.17, 15) is 19.8 Å². The van der Waals surface area contributed by atoms with Gasteiger partial charge in [-0.05, 0) is 101 Å². The Balaban J connectivity index is 1.95. The molecule has 0 atom stereocenters. The summed E-state index contributed by atoms with van der Waals surface area (Å²) in [7, 11) is 0. The molecule has 9 heteroatoms. The van der Waals surface area contributed by atoms with E-state index in [4.69, 9.17) is 9.15 Å². The van der Waals surface area contributed by atoms with Gasteiger partial charge in [-0.15, -0.1) is 0 Å². The molecule has 1 aliphatic rings. The van der Waals surface area contributed by atoms with Crippen LogP contribution in [0.25, 0.3) is 11.6 Å². The van der Waals surface area contributed by atoms with E-state index in [2.05, 4.69) is 47.8 Å². The van der Waals surface area contributed by atoms with Crippen molar-refractivity contribution in [3.63, 3.8) is 0 Å². The van der Waals surface area contributed by atoms with Crippen LogP contribution in [-0.2, 0) is 9.53 Å². The molecule has 0 unspecified atom stereocenters. The molecule has 1 aliphatic heterocycles. The maximum atomic E-state index is 13.0. The Hall–Kier alpha value is -2.62. The number of phenolic OH excluding ortho intramolecular Hbond substituents is 2. The number of rotatable bonds is 4. The number of hydrogen-bond donors (Lipinski definition) is 2. The lowest BCUT2D eigenvalue weighted by molar-refractivity contribution is -0.132. The number of aromatic hydroxyl groups is 2. The summed E-state index contributed by atoms with van der Waals surface area (Å²) in [6, 6.07) is 10.9. The Morgan fingerprint density at radius 3 is 2.29 bits per heavy atom. The van der Waals surface area contributed by atoms with E-state index in [1.165, 1.54) is 18.4 Å². The molecule has 6 nitrogen and oxygen atoms in total.